The molecule has 0 fully saturated rings. The zero-order valence-corrected chi connectivity index (χ0v) is 16.8. The second kappa shape index (κ2) is 10.7. The van der Waals surface area contributed by atoms with E-state index >= 15 is 0 Å². The molecule has 22 heavy (non-hydrogen) atoms. The van der Waals surface area contributed by atoms with Crippen molar-refractivity contribution < 1.29 is 27.0 Å². The number of pyridine rings is 2. The van der Waals surface area contributed by atoms with Crippen molar-refractivity contribution in [2.24, 2.45) is 0 Å². The molecule has 8 nitrogen and oxygen atoms in total. The van der Waals surface area contributed by atoms with Crippen molar-refractivity contribution in [3.63, 3.8) is 0 Å². The van der Waals surface area contributed by atoms with E-state index in [1.807, 2.05) is 0 Å². The predicted octanol–water partition coefficient (Wildman–Crippen LogP) is 0.0340. The fourth-order valence-corrected chi connectivity index (χ4v) is 3.03. The van der Waals surface area contributed by atoms with Gasteiger partial charge in [0.15, 0.2) is 12.4 Å². The first-order chi connectivity index (χ1) is 9.77. The number of aromatic nitrogens is 2. The summed E-state index contributed by atoms with van der Waals surface area (Å²) in [7, 11) is -2.65. The molecule has 0 atom stereocenters. The summed E-state index contributed by atoms with van der Waals surface area (Å²) >= 11 is 0. The molecule has 114 valence electrons. The molecule has 0 radical (unpaired) electrons. The van der Waals surface area contributed by atoms with Gasteiger partial charge >= 0.3 is 45.5 Å². The van der Waals surface area contributed by atoms with E-state index in [1.54, 1.807) is 36.4 Å². The maximum Gasteiger partial charge on any atom is 2.00 e. The summed E-state index contributed by atoms with van der Waals surface area (Å²) in [6.45, 7) is 0. The largest absolute Gasteiger partial charge is 2.00 e. The van der Waals surface area contributed by atoms with Gasteiger partial charge in [0.1, 0.15) is 0 Å². The van der Waals surface area contributed by atoms with Gasteiger partial charge in [-0.15, -0.1) is 0 Å². The molecule has 0 spiro atoms. The van der Waals surface area contributed by atoms with Crippen LogP contribution in [-0.4, -0.2) is 63.0 Å². The standard InChI is InChI=1S/C10H8N2O2S2.H2O4S.Sr/c13-11-7-3-1-5-9(11)15-16-10-6-2-4-8-12(10)14;1-5(2,3)4;/h1-8H;(H2,1,2,3,4);/q;;+2/p-2. The van der Waals surface area contributed by atoms with E-state index in [-0.39, 0.29) is 45.5 Å². The molecule has 0 saturated heterocycles. The summed E-state index contributed by atoms with van der Waals surface area (Å²) in [6.07, 6.45) is 2.86. The van der Waals surface area contributed by atoms with Gasteiger partial charge in [0.25, 0.3) is 10.1 Å². The topological polar surface area (TPSA) is 134 Å². The van der Waals surface area contributed by atoms with E-state index in [4.69, 9.17) is 17.5 Å². The van der Waals surface area contributed by atoms with Gasteiger partial charge < -0.3 is 19.5 Å². The molecule has 0 aliphatic heterocycles. The first-order valence-electron chi connectivity index (χ1n) is 5.15. The SMILES string of the molecule is O=S(=O)([O-])[O-].[O-][n+]1ccccc1SSc1cccc[n+]1[O-].[Sr+2]. The summed E-state index contributed by atoms with van der Waals surface area (Å²) < 4.78 is 35.6. The molecule has 0 bridgehead atoms. The zero-order chi connectivity index (χ0) is 15.9. The molecule has 0 saturated carbocycles. The number of hydrogen-bond acceptors (Lipinski definition) is 8. The quantitative estimate of drug-likeness (QED) is 0.164. The summed E-state index contributed by atoms with van der Waals surface area (Å²) in [6, 6.07) is 10.3. The Balaban J connectivity index is 0.000000644. The monoisotopic (exact) mass is 436 g/mol. The minimum Gasteiger partial charge on any atom is -0.759 e. The molecular weight excluding hydrogens is 428 g/mol. The second-order valence-electron chi connectivity index (χ2n) is 3.30. The Morgan fingerprint density at radius 2 is 1.14 bits per heavy atom. The maximum atomic E-state index is 11.3. The van der Waals surface area contributed by atoms with Crippen LogP contribution < -0.4 is 9.46 Å². The molecule has 0 aromatic carbocycles. The van der Waals surface area contributed by atoms with E-state index in [1.165, 1.54) is 34.0 Å². The van der Waals surface area contributed by atoms with Crippen molar-refractivity contribution in [1.82, 2.24) is 0 Å². The Bertz CT molecular complexity index is 647. The molecule has 0 amide bonds. The van der Waals surface area contributed by atoms with Crippen LogP contribution in [0.5, 0.6) is 0 Å². The Morgan fingerprint density at radius 3 is 1.41 bits per heavy atom. The van der Waals surface area contributed by atoms with E-state index in [0.29, 0.717) is 10.1 Å². The minimum absolute atomic E-state index is 0. The fraction of sp³-hybridized carbons (Fsp3) is 0. The Morgan fingerprint density at radius 1 is 0.818 bits per heavy atom. The number of rotatable bonds is 3. The van der Waals surface area contributed by atoms with Crippen LogP contribution in [0.1, 0.15) is 0 Å². The maximum absolute atomic E-state index is 11.3. The van der Waals surface area contributed by atoms with Gasteiger partial charge in [0, 0.05) is 56.3 Å². The Kier molecular flexibility index (Phi) is 10.6. The Labute approximate surface area is 172 Å². The molecule has 2 aromatic rings. The van der Waals surface area contributed by atoms with E-state index < -0.39 is 10.4 Å². The van der Waals surface area contributed by atoms with Crippen molar-refractivity contribution in [2.75, 3.05) is 0 Å². The van der Waals surface area contributed by atoms with Crippen LogP contribution in [0.25, 0.3) is 0 Å². The predicted molar refractivity (Wildman–Crippen MR) is 78.7 cm³/mol. The molecule has 2 rings (SSSR count). The van der Waals surface area contributed by atoms with Crippen LogP contribution >= 0.6 is 21.6 Å². The van der Waals surface area contributed by atoms with Gasteiger partial charge in [-0.05, 0) is 12.1 Å². The third-order valence-corrected chi connectivity index (χ3v) is 4.12. The molecule has 2 aromatic heterocycles. The fourth-order valence-electron chi connectivity index (χ4n) is 1.04. The van der Waals surface area contributed by atoms with Crippen LogP contribution in [-0.2, 0) is 10.4 Å². The summed E-state index contributed by atoms with van der Waals surface area (Å²) in [5.74, 6) is 0. The normalized spacial score (nSPS) is 10.1. The smallest absolute Gasteiger partial charge is 0.759 e. The second-order valence-corrected chi connectivity index (χ2v) is 6.29. The number of hydrogen-bond donors (Lipinski definition) is 0. The Hall–Kier alpha value is -0.0495. The van der Waals surface area contributed by atoms with Gasteiger partial charge in [-0.3, -0.25) is 8.42 Å². The van der Waals surface area contributed by atoms with Gasteiger partial charge in [0.05, 0.1) is 0 Å². The van der Waals surface area contributed by atoms with Gasteiger partial charge in [-0.1, -0.05) is 0 Å². The average molecular weight is 436 g/mol. The van der Waals surface area contributed by atoms with Crippen molar-refractivity contribution in [3.05, 3.63) is 59.2 Å². The molecule has 0 N–H and O–H groups in total. The molecule has 0 unspecified atom stereocenters. The molecule has 0 aliphatic rings. The molecule has 0 aliphatic carbocycles. The summed E-state index contributed by atoms with van der Waals surface area (Å²) in [4.78, 5) is 0. The zero-order valence-electron chi connectivity index (χ0n) is 10.9. The third-order valence-electron chi connectivity index (χ3n) is 1.79. The summed E-state index contributed by atoms with van der Waals surface area (Å²) in [5.41, 5.74) is 0. The number of nitrogens with zero attached hydrogens (tertiary/aromatic N) is 2. The van der Waals surface area contributed by atoms with E-state index in [9.17, 15) is 10.4 Å². The first kappa shape index (κ1) is 22.0. The van der Waals surface area contributed by atoms with Crippen LogP contribution in [0.15, 0.2) is 58.8 Å². The van der Waals surface area contributed by atoms with Crippen molar-refractivity contribution in [1.29, 1.82) is 0 Å². The summed E-state index contributed by atoms with van der Waals surface area (Å²) in [5, 5.41) is 23.8. The average Bonchev–Trinajstić information content (AvgIpc) is 2.37. The van der Waals surface area contributed by atoms with Gasteiger partial charge in [0.2, 0.25) is 0 Å². The van der Waals surface area contributed by atoms with E-state index in [0.717, 1.165) is 9.46 Å². The van der Waals surface area contributed by atoms with Gasteiger partial charge in [-0.2, -0.15) is 9.46 Å². The van der Waals surface area contributed by atoms with Crippen LogP contribution in [0.2, 0.25) is 0 Å². The third kappa shape index (κ3) is 9.86. The first-order valence-corrected chi connectivity index (χ1v) is 8.63. The van der Waals surface area contributed by atoms with Crippen molar-refractivity contribution >= 4 is 77.5 Å². The minimum atomic E-state index is -5.17. The molecule has 2 heterocycles. The van der Waals surface area contributed by atoms with E-state index in [2.05, 4.69) is 0 Å². The van der Waals surface area contributed by atoms with Crippen molar-refractivity contribution in [3.8, 4) is 0 Å². The van der Waals surface area contributed by atoms with Crippen molar-refractivity contribution in [2.45, 2.75) is 10.1 Å². The van der Waals surface area contributed by atoms with Crippen LogP contribution in [0, 0.1) is 10.4 Å². The van der Waals surface area contributed by atoms with Gasteiger partial charge in [-0.25, -0.2) is 0 Å². The molecule has 12 heteroatoms. The van der Waals surface area contributed by atoms with Crippen LogP contribution in [0.3, 0.4) is 0 Å². The molecular formula is C10H8N2O6S3Sr. The van der Waals surface area contributed by atoms with Crippen LogP contribution in [0.4, 0.5) is 0 Å².